The van der Waals surface area contributed by atoms with E-state index in [0.717, 1.165) is 11.0 Å². The lowest BCUT2D eigenvalue weighted by Gasteiger charge is -2.34. The molecule has 1 unspecified atom stereocenters. The summed E-state index contributed by atoms with van der Waals surface area (Å²) in [5, 5.41) is 2.98. The average Bonchev–Trinajstić information content (AvgIpc) is 3.24. The Hall–Kier alpha value is -3.99. The maximum absolute atomic E-state index is 14.4. The van der Waals surface area contributed by atoms with E-state index < -0.39 is 35.1 Å². The van der Waals surface area contributed by atoms with Crippen molar-refractivity contribution in [1.29, 1.82) is 0 Å². The number of nitrogens with one attached hydrogen (secondary N) is 1. The van der Waals surface area contributed by atoms with Crippen molar-refractivity contribution < 1.29 is 23.5 Å². The monoisotopic (exact) mass is 527 g/mol. The molecule has 0 spiro atoms. The molecule has 3 rings (SSSR count). The first-order chi connectivity index (χ1) is 17.5. The predicted octanol–water partition coefficient (Wildman–Crippen LogP) is 4.05. The second kappa shape index (κ2) is 11.4. The number of nitrogens with two attached hydrogens (primary N) is 2. The molecule has 1 aromatic heterocycles. The van der Waals surface area contributed by atoms with Gasteiger partial charge in [0.05, 0.1) is 12.3 Å². The van der Waals surface area contributed by atoms with Crippen molar-refractivity contribution in [2.45, 2.75) is 45.7 Å². The summed E-state index contributed by atoms with van der Waals surface area (Å²) in [4.78, 5) is 40.6. The summed E-state index contributed by atoms with van der Waals surface area (Å²) in [7, 11) is 0. The van der Waals surface area contributed by atoms with Crippen LogP contribution in [0.25, 0.3) is 0 Å². The van der Waals surface area contributed by atoms with E-state index in [1.54, 1.807) is 24.3 Å². The number of primary amides is 1. The Balaban J connectivity index is 2.22. The number of hydrogen-bond donors (Lipinski definition) is 3. The molecule has 0 saturated heterocycles. The fraction of sp³-hybridized carbons (Fsp3) is 0.308. The lowest BCUT2D eigenvalue weighted by atomic mass is 9.98. The number of benzene rings is 2. The van der Waals surface area contributed by atoms with Gasteiger partial charge in [0.25, 0.3) is 11.8 Å². The quantitative estimate of drug-likeness (QED) is 0.363. The number of nitrogen functional groups attached to an aromatic ring is 1. The standard InChI is InChI=1S/C26H30FN5O4S/c1-5-26(3,4)30-24(34)21(15-10-12-18(13-11-15)36-6-2)32(17-9-7-8-16(27)14-17)25(35)22-19(28)20(23(29)33)31-37-22/h7-14,21H,5-6,28H2,1-4H3,(H2,29,33)(H,30,34). The van der Waals surface area contributed by atoms with E-state index in [1.807, 2.05) is 27.7 Å². The minimum absolute atomic E-state index is 0.100. The maximum Gasteiger partial charge on any atom is 0.273 e. The number of halogens is 1. The molecule has 3 aromatic rings. The van der Waals surface area contributed by atoms with Gasteiger partial charge in [-0.1, -0.05) is 25.1 Å². The summed E-state index contributed by atoms with van der Waals surface area (Å²) >= 11 is 0.678. The average molecular weight is 528 g/mol. The zero-order chi connectivity index (χ0) is 27.3. The molecule has 11 heteroatoms. The number of anilines is 2. The van der Waals surface area contributed by atoms with Crippen molar-refractivity contribution in [2.75, 3.05) is 17.2 Å². The van der Waals surface area contributed by atoms with Crippen molar-refractivity contribution >= 4 is 40.6 Å². The normalized spacial score (nSPS) is 12.0. The number of carbonyl (C=O) groups excluding carboxylic acids is 3. The number of carbonyl (C=O) groups is 3. The van der Waals surface area contributed by atoms with Crippen LogP contribution in [0.5, 0.6) is 5.75 Å². The zero-order valence-corrected chi connectivity index (χ0v) is 21.9. The van der Waals surface area contributed by atoms with Crippen LogP contribution in [-0.4, -0.2) is 34.2 Å². The molecule has 0 fully saturated rings. The first-order valence-corrected chi connectivity index (χ1v) is 12.4. The number of ether oxygens (including phenoxy) is 1. The number of rotatable bonds is 10. The van der Waals surface area contributed by atoms with Gasteiger partial charge in [-0.2, -0.15) is 4.37 Å². The third kappa shape index (κ3) is 6.23. The van der Waals surface area contributed by atoms with Crippen LogP contribution in [0.2, 0.25) is 0 Å². The Morgan fingerprint density at radius 1 is 1.16 bits per heavy atom. The lowest BCUT2D eigenvalue weighted by molar-refractivity contribution is -0.124. The molecule has 0 radical (unpaired) electrons. The van der Waals surface area contributed by atoms with Gasteiger partial charge in [-0.3, -0.25) is 19.3 Å². The van der Waals surface area contributed by atoms with Gasteiger partial charge in [0.2, 0.25) is 5.91 Å². The van der Waals surface area contributed by atoms with Crippen LogP contribution in [-0.2, 0) is 4.79 Å². The number of aromatic nitrogens is 1. The van der Waals surface area contributed by atoms with Crippen molar-refractivity contribution in [3.8, 4) is 5.75 Å². The highest BCUT2D eigenvalue weighted by molar-refractivity contribution is 7.09. The van der Waals surface area contributed by atoms with Gasteiger partial charge >= 0.3 is 0 Å². The fourth-order valence-corrected chi connectivity index (χ4v) is 4.31. The van der Waals surface area contributed by atoms with E-state index in [0.29, 0.717) is 35.9 Å². The minimum Gasteiger partial charge on any atom is -0.494 e. The van der Waals surface area contributed by atoms with Gasteiger partial charge in [-0.05, 0) is 74.6 Å². The number of hydrogen-bond acceptors (Lipinski definition) is 7. The van der Waals surface area contributed by atoms with Crippen molar-refractivity contribution in [3.05, 3.63) is 70.5 Å². The Morgan fingerprint density at radius 2 is 1.84 bits per heavy atom. The van der Waals surface area contributed by atoms with Crippen LogP contribution in [0.4, 0.5) is 15.8 Å². The van der Waals surface area contributed by atoms with Crippen LogP contribution in [0.1, 0.15) is 65.9 Å². The zero-order valence-electron chi connectivity index (χ0n) is 21.1. The molecule has 1 heterocycles. The third-order valence-corrected chi connectivity index (χ3v) is 6.67. The minimum atomic E-state index is -1.23. The van der Waals surface area contributed by atoms with Gasteiger partial charge in [-0.25, -0.2) is 4.39 Å². The summed E-state index contributed by atoms with van der Waals surface area (Å²) in [5.74, 6) is -2.15. The molecule has 37 heavy (non-hydrogen) atoms. The summed E-state index contributed by atoms with van der Waals surface area (Å²) in [6.07, 6.45) is 0.617. The molecule has 0 aliphatic carbocycles. The van der Waals surface area contributed by atoms with Crippen LogP contribution < -0.4 is 26.4 Å². The van der Waals surface area contributed by atoms with E-state index in [2.05, 4.69) is 9.69 Å². The fourth-order valence-electron chi connectivity index (χ4n) is 3.57. The first-order valence-electron chi connectivity index (χ1n) is 11.7. The topological polar surface area (TPSA) is 141 Å². The SMILES string of the molecule is CCOc1ccc(C(C(=O)NC(C)(C)CC)N(C(=O)c2snc(C(N)=O)c2N)c2cccc(F)c2)cc1. The highest BCUT2D eigenvalue weighted by atomic mass is 32.1. The van der Waals surface area contributed by atoms with Crippen LogP contribution in [0.15, 0.2) is 48.5 Å². The molecule has 0 aliphatic rings. The van der Waals surface area contributed by atoms with Crippen molar-refractivity contribution in [1.82, 2.24) is 9.69 Å². The van der Waals surface area contributed by atoms with E-state index in [-0.39, 0.29) is 21.9 Å². The predicted molar refractivity (Wildman–Crippen MR) is 141 cm³/mol. The maximum atomic E-state index is 14.4. The molecule has 1 atom stereocenters. The molecule has 0 bridgehead atoms. The lowest BCUT2D eigenvalue weighted by Crippen LogP contribution is -2.50. The molecule has 0 aliphatic heterocycles. The van der Waals surface area contributed by atoms with E-state index in [4.69, 9.17) is 16.2 Å². The number of nitrogens with zero attached hydrogens (tertiary/aromatic N) is 2. The van der Waals surface area contributed by atoms with Crippen LogP contribution in [0, 0.1) is 5.82 Å². The van der Waals surface area contributed by atoms with Gasteiger partial charge in [0, 0.05) is 11.2 Å². The highest BCUT2D eigenvalue weighted by Crippen LogP contribution is 2.34. The smallest absolute Gasteiger partial charge is 0.273 e. The van der Waals surface area contributed by atoms with Gasteiger partial charge < -0.3 is 21.5 Å². The molecule has 5 N–H and O–H groups in total. The summed E-state index contributed by atoms with van der Waals surface area (Å²) in [6.45, 7) is 7.94. The molecule has 2 aromatic carbocycles. The Morgan fingerprint density at radius 3 is 2.38 bits per heavy atom. The van der Waals surface area contributed by atoms with E-state index >= 15 is 0 Å². The second-order valence-corrected chi connectivity index (χ2v) is 9.70. The Bertz CT molecular complexity index is 1290. The molecule has 0 saturated carbocycles. The highest BCUT2D eigenvalue weighted by Gasteiger charge is 2.37. The van der Waals surface area contributed by atoms with Crippen LogP contribution in [0.3, 0.4) is 0 Å². The van der Waals surface area contributed by atoms with Crippen molar-refractivity contribution in [3.63, 3.8) is 0 Å². The Labute approximate surface area is 218 Å². The summed E-state index contributed by atoms with van der Waals surface area (Å²) in [5.41, 5.74) is 10.9. The Kier molecular flexibility index (Phi) is 8.49. The molecule has 196 valence electrons. The molecule has 9 nitrogen and oxygen atoms in total. The van der Waals surface area contributed by atoms with Crippen LogP contribution >= 0.6 is 11.5 Å². The van der Waals surface area contributed by atoms with Gasteiger partial charge in [0.1, 0.15) is 22.5 Å². The van der Waals surface area contributed by atoms with Gasteiger partial charge in [-0.15, -0.1) is 0 Å². The van der Waals surface area contributed by atoms with Gasteiger partial charge in [0.15, 0.2) is 5.69 Å². The molecule has 3 amide bonds. The number of amides is 3. The largest absolute Gasteiger partial charge is 0.494 e. The van der Waals surface area contributed by atoms with E-state index in [1.165, 1.54) is 18.2 Å². The molecular weight excluding hydrogens is 497 g/mol. The first kappa shape index (κ1) is 27.6. The molecular formula is C26H30FN5O4S. The second-order valence-electron chi connectivity index (χ2n) is 8.92. The summed E-state index contributed by atoms with van der Waals surface area (Å²) < 4.78 is 23.8. The van der Waals surface area contributed by atoms with Crippen molar-refractivity contribution in [2.24, 2.45) is 5.73 Å². The van der Waals surface area contributed by atoms with E-state index in [9.17, 15) is 18.8 Å². The third-order valence-electron chi connectivity index (χ3n) is 5.82. The summed E-state index contributed by atoms with van der Waals surface area (Å²) in [6, 6.07) is 10.8.